The molecule has 1 heterocycles. The number of rotatable bonds is 9. The summed E-state index contributed by atoms with van der Waals surface area (Å²) in [5.41, 5.74) is 2.11. The lowest BCUT2D eigenvalue weighted by Gasteiger charge is -2.22. The Hall–Kier alpha value is -1.87. The molecule has 1 atom stereocenters. The fraction of sp³-hybridized carbons (Fsp3) is 0.524. The minimum atomic E-state index is -1.83. The molecule has 0 aliphatic heterocycles. The Balaban J connectivity index is 2.29. The van der Waals surface area contributed by atoms with Gasteiger partial charge in [0, 0.05) is 18.2 Å². The summed E-state index contributed by atoms with van der Waals surface area (Å²) in [7, 11) is -3.61. The monoisotopic (exact) mass is 418 g/mol. The normalized spacial score (nSPS) is 13.1. The summed E-state index contributed by atoms with van der Waals surface area (Å²) in [4.78, 5) is 9.05. The molecule has 0 radical (unpaired) electrons. The van der Waals surface area contributed by atoms with Gasteiger partial charge in [-0.1, -0.05) is 19.1 Å². The number of benzene rings is 1. The van der Waals surface area contributed by atoms with Crippen molar-refractivity contribution >= 4 is 16.6 Å². The molecule has 0 aliphatic rings. The van der Waals surface area contributed by atoms with Gasteiger partial charge in [-0.05, 0) is 70.3 Å². The van der Waals surface area contributed by atoms with E-state index in [0.29, 0.717) is 18.3 Å². The predicted octanol–water partition coefficient (Wildman–Crippen LogP) is 5.67. The van der Waals surface area contributed by atoms with Crippen molar-refractivity contribution in [2.75, 3.05) is 0 Å². The Morgan fingerprint density at radius 1 is 1.00 bits per heavy atom. The Morgan fingerprint density at radius 2 is 1.68 bits per heavy atom. The zero-order chi connectivity index (χ0) is 20.9. The zero-order valence-corrected chi connectivity index (χ0v) is 20.5. The third-order valence-electron chi connectivity index (χ3n) is 3.81. The van der Waals surface area contributed by atoms with Gasteiger partial charge in [0.2, 0.25) is 22.5 Å². The highest BCUT2D eigenvalue weighted by molar-refractivity contribution is 6.70. The van der Waals surface area contributed by atoms with Crippen molar-refractivity contribution in [3.63, 3.8) is 0 Å². The van der Waals surface area contributed by atoms with Gasteiger partial charge in [-0.2, -0.15) is 4.98 Å². The minimum Gasteiger partial charge on any atom is -0.531 e. The first-order chi connectivity index (χ1) is 12.9. The maximum atomic E-state index is 6.26. The van der Waals surface area contributed by atoms with E-state index in [0.717, 1.165) is 23.3 Å². The summed E-state index contributed by atoms with van der Waals surface area (Å²) < 4.78 is 18.2. The van der Waals surface area contributed by atoms with E-state index >= 15 is 0 Å². The van der Waals surface area contributed by atoms with Crippen LogP contribution in [0, 0.1) is 0 Å². The Morgan fingerprint density at radius 3 is 2.29 bits per heavy atom. The average molecular weight is 419 g/mol. The first-order valence-electron chi connectivity index (χ1n) is 9.95. The second kappa shape index (κ2) is 9.09. The van der Waals surface area contributed by atoms with Gasteiger partial charge in [0.05, 0.1) is 6.10 Å². The van der Waals surface area contributed by atoms with E-state index in [9.17, 15) is 0 Å². The van der Waals surface area contributed by atoms with E-state index in [-0.39, 0.29) is 6.10 Å². The lowest BCUT2D eigenvalue weighted by molar-refractivity contribution is 0.217. The quantitative estimate of drug-likeness (QED) is 0.491. The van der Waals surface area contributed by atoms with E-state index in [2.05, 4.69) is 75.2 Å². The van der Waals surface area contributed by atoms with Crippen LogP contribution >= 0.6 is 0 Å². The summed E-state index contributed by atoms with van der Waals surface area (Å²) >= 11 is 0. The van der Waals surface area contributed by atoms with Crippen LogP contribution in [0.1, 0.15) is 31.4 Å². The smallest absolute Gasteiger partial charge is 0.305 e. The molecule has 0 amide bonds. The standard InChI is InChI=1S/C21H34N2O3Si2/c1-9-16(2)24-19-12-10-11-17(14-19)13-18-15-22-21(26-28(6,7)8)23-20(18)25-27(3,4)5/h10-12,14-16H,9,13H2,1-8H3. The van der Waals surface area contributed by atoms with Crippen LogP contribution in [0.5, 0.6) is 17.6 Å². The van der Waals surface area contributed by atoms with E-state index in [1.165, 1.54) is 0 Å². The number of hydrogen-bond donors (Lipinski definition) is 0. The van der Waals surface area contributed by atoms with Gasteiger partial charge >= 0.3 is 6.01 Å². The molecule has 0 spiro atoms. The van der Waals surface area contributed by atoms with Crippen molar-refractivity contribution in [1.82, 2.24) is 9.97 Å². The first kappa shape index (κ1) is 22.4. The molecule has 0 saturated heterocycles. The fourth-order valence-electron chi connectivity index (χ4n) is 2.46. The highest BCUT2D eigenvalue weighted by atomic mass is 28.4. The van der Waals surface area contributed by atoms with Crippen LogP contribution in [0.25, 0.3) is 0 Å². The summed E-state index contributed by atoms with van der Waals surface area (Å²) in [6, 6.07) is 8.60. The van der Waals surface area contributed by atoms with Crippen LogP contribution in [-0.4, -0.2) is 32.7 Å². The third-order valence-corrected chi connectivity index (χ3v) is 5.41. The molecule has 2 aromatic rings. The maximum absolute atomic E-state index is 6.26. The molecule has 154 valence electrons. The van der Waals surface area contributed by atoms with Crippen LogP contribution in [0.3, 0.4) is 0 Å². The van der Waals surface area contributed by atoms with Crippen molar-refractivity contribution in [3.05, 3.63) is 41.6 Å². The van der Waals surface area contributed by atoms with E-state index in [1.54, 1.807) is 0 Å². The molecule has 1 aromatic carbocycles. The van der Waals surface area contributed by atoms with Crippen molar-refractivity contribution in [1.29, 1.82) is 0 Å². The van der Waals surface area contributed by atoms with Crippen LogP contribution < -0.4 is 13.6 Å². The Bertz CT molecular complexity index is 786. The number of ether oxygens (including phenoxy) is 1. The molecule has 0 aliphatic carbocycles. The number of hydrogen-bond acceptors (Lipinski definition) is 5. The summed E-state index contributed by atoms with van der Waals surface area (Å²) in [5, 5.41) is 0. The summed E-state index contributed by atoms with van der Waals surface area (Å²) in [6.45, 7) is 17.0. The summed E-state index contributed by atoms with van der Waals surface area (Å²) in [5.74, 6) is 1.52. The predicted molar refractivity (Wildman–Crippen MR) is 120 cm³/mol. The fourth-order valence-corrected chi connectivity index (χ4v) is 3.87. The molecular formula is C21H34N2O3Si2. The number of nitrogens with zero attached hydrogens (tertiary/aromatic N) is 2. The topological polar surface area (TPSA) is 53.5 Å². The summed E-state index contributed by atoms with van der Waals surface area (Å²) in [6.07, 6.45) is 3.69. The molecule has 0 saturated carbocycles. The molecule has 28 heavy (non-hydrogen) atoms. The second-order valence-corrected chi connectivity index (χ2v) is 17.9. The van der Waals surface area contributed by atoms with Crippen LogP contribution in [0.4, 0.5) is 0 Å². The highest BCUT2D eigenvalue weighted by Crippen LogP contribution is 2.26. The Labute approximate surface area is 171 Å². The largest absolute Gasteiger partial charge is 0.531 e. The van der Waals surface area contributed by atoms with Crippen molar-refractivity contribution in [3.8, 4) is 17.6 Å². The third kappa shape index (κ3) is 7.63. The van der Waals surface area contributed by atoms with Crippen LogP contribution in [-0.2, 0) is 6.42 Å². The SMILES string of the molecule is CCC(C)Oc1cccc(Cc2cnc(O[Si](C)(C)C)nc2O[Si](C)(C)C)c1. The minimum absolute atomic E-state index is 0.197. The van der Waals surface area contributed by atoms with Crippen molar-refractivity contribution < 1.29 is 13.6 Å². The van der Waals surface area contributed by atoms with E-state index in [1.807, 2.05) is 18.3 Å². The van der Waals surface area contributed by atoms with E-state index < -0.39 is 16.6 Å². The molecule has 1 aromatic heterocycles. The molecule has 7 heteroatoms. The Kier molecular flexibility index (Phi) is 7.28. The van der Waals surface area contributed by atoms with Gasteiger partial charge in [-0.15, -0.1) is 0 Å². The van der Waals surface area contributed by atoms with Gasteiger partial charge in [-0.25, -0.2) is 4.98 Å². The second-order valence-electron chi connectivity index (χ2n) is 9.07. The van der Waals surface area contributed by atoms with Crippen LogP contribution in [0.15, 0.2) is 30.5 Å². The molecule has 5 nitrogen and oxygen atoms in total. The van der Waals surface area contributed by atoms with Crippen molar-refractivity contribution in [2.45, 2.75) is 72.1 Å². The molecule has 2 rings (SSSR count). The van der Waals surface area contributed by atoms with Gasteiger partial charge in [0.15, 0.2) is 0 Å². The molecular weight excluding hydrogens is 384 g/mol. The first-order valence-corrected chi connectivity index (χ1v) is 16.8. The van der Waals surface area contributed by atoms with E-state index in [4.69, 9.17) is 13.6 Å². The zero-order valence-electron chi connectivity index (χ0n) is 18.5. The molecule has 1 unspecified atom stereocenters. The molecule has 0 N–H and O–H groups in total. The van der Waals surface area contributed by atoms with Gasteiger partial charge in [-0.3, -0.25) is 0 Å². The lowest BCUT2D eigenvalue weighted by Crippen LogP contribution is -2.32. The average Bonchev–Trinajstić information content (AvgIpc) is 2.54. The highest BCUT2D eigenvalue weighted by Gasteiger charge is 2.23. The molecule has 0 bridgehead atoms. The molecule has 0 fully saturated rings. The van der Waals surface area contributed by atoms with Gasteiger partial charge < -0.3 is 13.6 Å². The van der Waals surface area contributed by atoms with Crippen LogP contribution in [0.2, 0.25) is 39.3 Å². The van der Waals surface area contributed by atoms with Crippen molar-refractivity contribution in [2.24, 2.45) is 0 Å². The number of aromatic nitrogens is 2. The maximum Gasteiger partial charge on any atom is 0.305 e. The van der Waals surface area contributed by atoms with Gasteiger partial charge in [0.1, 0.15) is 5.75 Å². The van der Waals surface area contributed by atoms with Gasteiger partial charge in [0.25, 0.3) is 0 Å². The lowest BCUT2D eigenvalue weighted by atomic mass is 10.1.